The number of hydrogen-bond acceptors (Lipinski definition) is 1. The monoisotopic (exact) mass is 270 g/mol. The standard InChI is InChI=1S/C16H27ClO/c1-3-4-5-6-7-8-9-13-10-14-15(17)11-16(14,2)12-18-13/h13H,3-12H2,1-2H3/t13-,16-/m1/s1. The summed E-state index contributed by atoms with van der Waals surface area (Å²) < 4.78 is 6.00. The van der Waals surface area contributed by atoms with Crippen LogP contribution in [0.1, 0.15) is 71.6 Å². The number of unbranched alkanes of at least 4 members (excludes halogenated alkanes) is 5. The van der Waals surface area contributed by atoms with Crippen LogP contribution in [0.2, 0.25) is 0 Å². The Bertz CT molecular complexity index is 310. The zero-order valence-corrected chi connectivity index (χ0v) is 12.7. The van der Waals surface area contributed by atoms with Gasteiger partial charge in [0.15, 0.2) is 0 Å². The van der Waals surface area contributed by atoms with Crippen LogP contribution in [0.5, 0.6) is 0 Å². The molecule has 1 fully saturated rings. The first-order valence-electron chi connectivity index (χ1n) is 7.65. The molecule has 1 saturated heterocycles. The Balaban J connectivity index is 1.62. The summed E-state index contributed by atoms with van der Waals surface area (Å²) in [6, 6.07) is 0. The van der Waals surface area contributed by atoms with E-state index in [0.717, 1.165) is 24.5 Å². The molecule has 18 heavy (non-hydrogen) atoms. The quantitative estimate of drug-likeness (QED) is 0.561. The molecule has 1 heterocycles. The number of allylic oxidation sites excluding steroid dienone is 1. The molecule has 0 N–H and O–H groups in total. The number of rotatable bonds is 7. The first-order valence-corrected chi connectivity index (χ1v) is 8.03. The summed E-state index contributed by atoms with van der Waals surface area (Å²) in [5.41, 5.74) is 1.78. The van der Waals surface area contributed by atoms with Crippen molar-refractivity contribution in [3.05, 3.63) is 10.6 Å². The Morgan fingerprint density at radius 2 is 1.94 bits per heavy atom. The van der Waals surface area contributed by atoms with Crippen LogP contribution in [-0.4, -0.2) is 12.7 Å². The highest BCUT2D eigenvalue weighted by atomic mass is 35.5. The lowest BCUT2D eigenvalue weighted by Gasteiger charge is -2.47. The zero-order chi connectivity index (χ0) is 13.0. The van der Waals surface area contributed by atoms with Gasteiger partial charge in [-0.1, -0.05) is 64.0 Å². The molecule has 0 amide bonds. The minimum absolute atomic E-state index is 0.286. The summed E-state index contributed by atoms with van der Waals surface area (Å²) in [6.45, 7) is 5.44. The van der Waals surface area contributed by atoms with Crippen LogP contribution in [0.3, 0.4) is 0 Å². The highest BCUT2D eigenvalue weighted by molar-refractivity contribution is 6.31. The van der Waals surface area contributed by atoms with Crippen LogP contribution < -0.4 is 0 Å². The van der Waals surface area contributed by atoms with Gasteiger partial charge in [-0.25, -0.2) is 0 Å². The van der Waals surface area contributed by atoms with Gasteiger partial charge in [-0.15, -0.1) is 0 Å². The van der Waals surface area contributed by atoms with Crippen LogP contribution in [0.4, 0.5) is 0 Å². The molecule has 2 atom stereocenters. The van der Waals surface area contributed by atoms with E-state index in [9.17, 15) is 0 Å². The van der Waals surface area contributed by atoms with E-state index < -0.39 is 0 Å². The molecule has 0 spiro atoms. The molecule has 1 nitrogen and oxygen atoms in total. The van der Waals surface area contributed by atoms with Crippen LogP contribution in [0.15, 0.2) is 10.6 Å². The van der Waals surface area contributed by atoms with Crippen molar-refractivity contribution < 1.29 is 4.74 Å². The molecule has 0 bridgehead atoms. The fourth-order valence-electron chi connectivity index (χ4n) is 3.20. The lowest BCUT2D eigenvalue weighted by Crippen LogP contribution is -2.42. The molecule has 0 radical (unpaired) electrons. The Morgan fingerprint density at radius 3 is 2.67 bits per heavy atom. The van der Waals surface area contributed by atoms with E-state index in [1.807, 2.05) is 0 Å². The van der Waals surface area contributed by atoms with Crippen molar-refractivity contribution in [2.75, 3.05) is 6.61 Å². The van der Waals surface area contributed by atoms with E-state index in [0.29, 0.717) is 6.10 Å². The van der Waals surface area contributed by atoms with Gasteiger partial charge in [0.2, 0.25) is 0 Å². The molecule has 0 aromatic carbocycles. The Morgan fingerprint density at radius 1 is 1.22 bits per heavy atom. The second kappa shape index (κ2) is 6.43. The van der Waals surface area contributed by atoms with Gasteiger partial charge in [0, 0.05) is 10.4 Å². The smallest absolute Gasteiger partial charge is 0.0613 e. The first kappa shape index (κ1) is 14.4. The number of hydrogen-bond donors (Lipinski definition) is 0. The van der Waals surface area contributed by atoms with Crippen molar-refractivity contribution in [3.8, 4) is 0 Å². The van der Waals surface area contributed by atoms with Crippen LogP contribution in [0.25, 0.3) is 0 Å². The molecule has 2 rings (SSSR count). The van der Waals surface area contributed by atoms with E-state index in [1.165, 1.54) is 50.5 Å². The van der Waals surface area contributed by atoms with Crippen LogP contribution >= 0.6 is 11.6 Å². The predicted octanol–water partition coefficient (Wildman–Crippen LogP) is 5.43. The molecule has 0 unspecified atom stereocenters. The minimum Gasteiger partial charge on any atom is -0.377 e. The van der Waals surface area contributed by atoms with Crippen molar-refractivity contribution in [2.45, 2.75) is 77.7 Å². The van der Waals surface area contributed by atoms with Crippen molar-refractivity contribution in [3.63, 3.8) is 0 Å². The van der Waals surface area contributed by atoms with E-state index in [2.05, 4.69) is 13.8 Å². The van der Waals surface area contributed by atoms with Gasteiger partial charge in [0.25, 0.3) is 0 Å². The van der Waals surface area contributed by atoms with Gasteiger partial charge < -0.3 is 4.74 Å². The number of fused-ring (bicyclic) bond motifs is 1. The fourth-order valence-corrected chi connectivity index (χ4v) is 3.80. The maximum Gasteiger partial charge on any atom is 0.0613 e. The highest BCUT2D eigenvalue weighted by Gasteiger charge is 2.44. The molecule has 104 valence electrons. The molecular weight excluding hydrogens is 244 g/mol. The Kier molecular flexibility index (Phi) is 5.14. The molecular formula is C16H27ClO. The summed E-state index contributed by atoms with van der Waals surface area (Å²) in [5, 5.41) is 1.12. The van der Waals surface area contributed by atoms with Crippen molar-refractivity contribution in [1.82, 2.24) is 0 Å². The average Bonchev–Trinajstić information content (AvgIpc) is 2.35. The number of ether oxygens (including phenoxy) is 1. The van der Waals surface area contributed by atoms with E-state index in [1.54, 1.807) is 0 Å². The topological polar surface area (TPSA) is 9.23 Å². The second-order valence-corrected chi connectivity index (χ2v) is 6.77. The van der Waals surface area contributed by atoms with Gasteiger partial charge in [0.05, 0.1) is 12.7 Å². The maximum atomic E-state index is 6.22. The third-order valence-electron chi connectivity index (χ3n) is 4.55. The largest absolute Gasteiger partial charge is 0.377 e. The maximum absolute atomic E-state index is 6.22. The predicted molar refractivity (Wildman–Crippen MR) is 78.0 cm³/mol. The molecule has 0 aromatic rings. The van der Waals surface area contributed by atoms with Gasteiger partial charge in [0.1, 0.15) is 0 Å². The van der Waals surface area contributed by atoms with E-state index >= 15 is 0 Å². The molecule has 2 heteroatoms. The normalized spacial score (nSPS) is 31.2. The third kappa shape index (κ3) is 3.30. The zero-order valence-electron chi connectivity index (χ0n) is 11.9. The van der Waals surface area contributed by atoms with Crippen LogP contribution in [-0.2, 0) is 4.74 Å². The summed E-state index contributed by atoms with van der Waals surface area (Å²) in [6.07, 6.45) is 12.0. The fraction of sp³-hybridized carbons (Fsp3) is 0.875. The summed E-state index contributed by atoms with van der Waals surface area (Å²) in [5.74, 6) is 0. The van der Waals surface area contributed by atoms with Crippen LogP contribution in [0, 0.1) is 5.41 Å². The van der Waals surface area contributed by atoms with Gasteiger partial charge >= 0.3 is 0 Å². The molecule has 0 aromatic heterocycles. The van der Waals surface area contributed by atoms with Gasteiger partial charge in [-0.3, -0.25) is 0 Å². The molecule has 1 aliphatic carbocycles. The van der Waals surface area contributed by atoms with Gasteiger partial charge in [-0.2, -0.15) is 0 Å². The molecule has 2 aliphatic rings. The van der Waals surface area contributed by atoms with E-state index in [4.69, 9.17) is 16.3 Å². The van der Waals surface area contributed by atoms with Crippen molar-refractivity contribution in [1.29, 1.82) is 0 Å². The summed E-state index contributed by atoms with van der Waals surface area (Å²) in [4.78, 5) is 0. The second-order valence-electron chi connectivity index (χ2n) is 6.31. The lowest BCUT2D eigenvalue weighted by atomic mass is 9.67. The SMILES string of the molecule is CCCCCCCC[C@@H]1CC2=C(Cl)C[C@]2(C)CO1. The van der Waals surface area contributed by atoms with Gasteiger partial charge in [-0.05, 0) is 24.8 Å². The summed E-state index contributed by atoms with van der Waals surface area (Å²) >= 11 is 6.22. The Labute approximate surface area is 117 Å². The number of halogens is 1. The highest BCUT2D eigenvalue weighted by Crippen LogP contribution is 2.53. The molecule has 1 aliphatic heterocycles. The minimum atomic E-state index is 0.286. The Hall–Kier alpha value is -0.0100. The first-order chi connectivity index (χ1) is 8.65. The molecule has 0 saturated carbocycles. The van der Waals surface area contributed by atoms with Crippen molar-refractivity contribution in [2.24, 2.45) is 5.41 Å². The third-order valence-corrected chi connectivity index (χ3v) is 4.91. The van der Waals surface area contributed by atoms with Crippen molar-refractivity contribution >= 4 is 11.6 Å². The average molecular weight is 271 g/mol. The van der Waals surface area contributed by atoms with E-state index in [-0.39, 0.29) is 5.41 Å². The summed E-state index contributed by atoms with van der Waals surface area (Å²) in [7, 11) is 0. The lowest BCUT2D eigenvalue weighted by molar-refractivity contribution is -0.0372.